The van der Waals surface area contributed by atoms with Gasteiger partial charge in [-0.1, -0.05) is 24.3 Å². The number of benzene rings is 1. The van der Waals surface area contributed by atoms with E-state index in [1.807, 2.05) is 6.07 Å². The molecule has 1 saturated heterocycles. The molecule has 5 fully saturated rings. The van der Waals surface area contributed by atoms with Gasteiger partial charge >= 0.3 is 0 Å². The Balaban J connectivity index is 1.20. The predicted molar refractivity (Wildman–Crippen MR) is 135 cm³/mol. The van der Waals surface area contributed by atoms with E-state index in [2.05, 4.69) is 46.4 Å². The summed E-state index contributed by atoms with van der Waals surface area (Å²) in [5.74, 6) is 1.07. The molecule has 1 aromatic heterocycles. The van der Waals surface area contributed by atoms with E-state index in [-0.39, 0.29) is 17.3 Å². The van der Waals surface area contributed by atoms with Gasteiger partial charge in [-0.25, -0.2) is 4.98 Å². The van der Waals surface area contributed by atoms with Crippen molar-refractivity contribution in [2.75, 3.05) is 32.0 Å². The summed E-state index contributed by atoms with van der Waals surface area (Å²) in [6, 6.07) is 10.7. The number of pyridine rings is 1. The highest BCUT2D eigenvalue weighted by atomic mass is 16.5. The Hall–Kier alpha value is -2.48. The van der Waals surface area contributed by atoms with E-state index >= 15 is 0 Å². The van der Waals surface area contributed by atoms with E-state index in [0.717, 1.165) is 63.1 Å². The lowest BCUT2D eigenvalue weighted by Crippen LogP contribution is -2.65. The zero-order valence-corrected chi connectivity index (χ0v) is 20.5. The molecular weight excluding hydrogens is 440 g/mol. The zero-order chi connectivity index (χ0) is 24.2. The number of carbonyl (C=O) groups excluding carboxylic acids is 1. The number of morpholine rings is 1. The summed E-state index contributed by atoms with van der Waals surface area (Å²) in [7, 11) is 0. The predicted octanol–water partition coefficient (Wildman–Crippen LogP) is 3.54. The van der Waals surface area contributed by atoms with Gasteiger partial charge in [-0.2, -0.15) is 0 Å². The Morgan fingerprint density at radius 3 is 2.49 bits per heavy atom. The van der Waals surface area contributed by atoms with Crippen molar-refractivity contribution in [3.63, 3.8) is 0 Å². The molecule has 186 valence electrons. The van der Waals surface area contributed by atoms with Crippen LogP contribution in [0, 0.1) is 11.8 Å². The quantitative estimate of drug-likeness (QED) is 0.610. The number of nitrogens with zero attached hydrogens (tertiary/aromatic N) is 2. The van der Waals surface area contributed by atoms with Gasteiger partial charge in [0, 0.05) is 36.4 Å². The molecule has 1 aromatic carbocycles. The van der Waals surface area contributed by atoms with Gasteiger partial charge in [-0.05, 0) is 74.5 Å². The number of ether oxygens (including phenoxy) is 1. The Bertz CT molecular complexity index is 1100. The first-order chi connectivity index (χ1) is 16.8. The van der Waals surface area contributed by atoms with Gasteiger partial charge in [0.2, 0.25) is 0 Å². The number of anilines is 1. The second-order valence-corrected chi connectivity index (χ2v) is 11.5. The first kappa shape index (κ1) is 23.0. The number of hydrogen-bond donors (Lipinski definition) is 3. The van der Waals surface area contributed by atoms with Crippen LogP contribution in [0.2, 0.25) is 0 Å². The normalized spacial score (nSPS) is 33.0. The number of aromatic nitrogens is 1. The van der Waals surface area contributed by atoms with Crippen molar-refractivity contribution in [2.45, 2.75) is 62.6 Å². The van der Waals surface area contributed by atoms with Gasteiger partial charge in [0.05, 0.1) is 24.4 Å². The van der Waals surface area contributed by atoms with Gasteiger partial charge in [-0.3, -0.25) is 9.69 Å². The molecule has 1 aliphatic heterocycles. The molecule has 7 rings (SSSR count). The molecule has 2 unspecified atom stereocenters. The number of carbonyl (C=O) groups is 1. The first-order valence-corrected chi connectivity index (χ1v) is 13.0. The number of amides is 1. The van der Waals surface area contributed by atoms with Crippen LogP contribution in [0.3, 0.4) is 0 Å². The third kappa shape index (κ3) is 4.34. The van der Waals surface area contributed by atoms with Crippen LogP contribution in [0.1, 0.15) is 67.4 Å². The lowest BCUT2D eigenvalue weighted by Gasteiger charge is -2.60. The Kier molecular flexibility index (Phi) is 5.62. The highest BCUT2D eigenvalue weighted by Crippen LogP contribution is 2.57. The monoisotopic (exact) mass is 476 g/mol. The van der Waals surface area contributed by atoms with Crippen molar-refractivity contribution in [1.29, 1.82) is 0 Å². The SMILES string of the molecule is C[C@H](c1ccc(-c2cnc(N)c(C(=O)NC34CC5CC(CC(O)(C5)C3)C4)c2)cc1)N1CCOCC1. The minimum absolute atomic E-state index is 0.181. The van der Waals surface area contributed by atoms with Gasteiger partial charge in [0.25, 0.3) is 5.91 Å². The number of aliphatic hydroxyl groups is 1. The number of rotatable bonds is 5. The first-order valence-electron chi connectivity index (χ1n) is 13.0. The van der Waals surface area contributed by atoms with Crippen molar-refractivity contribution in [2.24, 2.45) is 11.8 Å². The van der Waals surface area contributed by atoms with Crippen LogP contribution in [0.4, 0.5) is 5.82 Å². The van der Waals surface area contributed by atoms with Crippen LogP contribution >= 0.6 is 0 Å². The third-order valence-electron chi connectivity index (χ3n) is 8.89. The van der Waals surface area contributed by atoms with Crippen molar-refractivity contribution >= 4 is 11.7 Å². The van der Waals surface area contributed by atoms with Crippen LogP contribution in [-0.2, 0) is 4.74 Å². The molecule has 0 spiro atoms. The molecule has 7 heteroatoms. The topological polar surface area (TPSA) is 101 Å². The molecule has 2 heterocycles. The zero-order valence-electron chi connectivity index (χ0n) is 20.5. The molecule has 4 saturated carbocycles. The molecular formula is C28H36N4O3. The van der Waals surface area contributed by atoms with Crippen LogP contribution in [0.15, 0.2) is 36.5 Å². The lowest BCUT2D eigenvalue weighted by molar-refractivity contribution is -0.139. The highest BCUT2D eigenvalue weighted by Gasteiger charge is 2.57. The Labute approximate surface area is 207 Å². The Morgan fingerprint density at radius 1 is 1.14 bits per heavy atom. The molecule has 2 aromatic rings. The van der Waals surface area contributed by atoms with Gasteiger partial charge in [0.1, 0.15) is 5.82 Å². The van der Waals surface area contributed by atoms with E-state index in [1.165, 1.54) is 12.0 Å². The number of nitrogens with two attached hydrogens (primary N) is 1. The van der Waals surface area contributed by atoms with E-state index in [4.69, 9.17) is 10.5 Å². The molecule has 3 atom stereocenters. The molecule has 4 N–H and O–H groups in total. The van der Waals surface area contributed by atoms with E-state index in [0.29, 0.717) is 29.9 Å². The fraction of sp³-hybridized carbons (Fsp3) is 0.571. The summed E-state index contributed by atoms with van der Waals surface area (Å²) >= 11 is 0. The van der Waals surface area contributed by atoms with E-state index in [9.17, 15) is 9.90 Å². The minimum Gasteiger partial charge on any atom is -0.390 e. The molecule has 5 aliphatic rings. The van der Waals surface area contributed by atoms with E-state index in [1.54, 1.807) is 6.20 Å². The van der Waals surface area contributed by atoms with Crippen LogP contribution in [0.5, 0.6) is 0 Å². The second kappa shape index (κ2) is 8.57. The maximum Gasteiger partial charge on any atom is 0.255 e. The maximum absolute atomic E-state index is 13.4. The summed E-state index contributed by atoms with van der Waals surface area (Å²) in [5.41, 5.74) is 8.78. The maximum atomic E-state index is 13.4. The summed E-state index contributed by atoms with van der Waals surface area (Å²) in [6.07, 6.45) is 7.22. The van der Waals surface area contributed by atoms with Crippen LogP contribution in [0.25, 0.3) is 11.1 Å². The number of nitrogen functional groups attached to an aromatic ring is 1. The standard InChI is InChI=1S/C28H36N4O3/c1-18(32-6-8-35-9-7-32)21-2-4-22(5-3-21)23-11-24(25(29)30-16-23)26(33)31-27-12-19-10-20(13-27)15-28(34,14-19)17-27/h2-5,11,16,18-20,34H,6-10,12-15,17H2,1H3,(H2,29,30)(H,31,33)/t18-,19?,20?,27?,28?/m1/s1. The van der Waals surface area contributed by atoms with Crippen molar-refractivity contribution in [1.82, 2.24) is 15.2 Å². The lowest BCUT2D eigenvalue weighted by atomic mass is 9.51. The second-order valence-electron chi connectivity index (χ2n) is 11.5. The largest absolute Gasteiger partial charge is 0.390 e. The third-order valence-corrected chi connectivity index (χ3v) is 8.89. The van der Waals surface area contributed by atoms with Gasteiger partial charge in [-0.15, -0.1) is 0 Å². The number of hydrogen-bond acceptors (Lipinski definition) is 6. The smallest absolute Gasteiger partial charge is 0.255 e. The minimum atomic E-state index is -0.622. The van der Waals surface area contributed by atoms with Gasteiger partial charge < -0.3 is 20.9 Å². The molecule has 1 amide bonds. The molecule has 4 bridgehead atoms. The fourth-order valence-electron chi connectivity index (χ4n) is 7.61. The summed E-state index contributed by atoms with van der Waals surface area (Å²) in [6.45, 7) is 5.69. The summed E-state index contributed by atoms with van der Waals surface area (Å²) < 4.78 is 5.48. The van der Waals surface area contributed by atoms with Crippen molar-refractivity contribution in [3.05, 3.63) is 47.7 Å². The average molecular weight is 477 g/mol. The Morgan fingerprint density at radius 2 is 1.83 bits per heavy atom. The highest BCUT2D eigenvalue weighted by molar-refractivity contribution is 6.00. The van der Waals surface area contributed by atoms with Crippen molar-refractivity contribution in [3.8, 4) is 11.1 Å². The molecule has 0 radical (unpaired) electrons. The van der Waals surface area contributed by atoms with E-state index < -0.39 is 5.60 Å². The average Bonchev–Trinajstić information content (AvgIpc) is 2.82. The molecule has 4 aliphatic carbocycles. The van der Waals surface area contributed by atoms with Crippen LogP contribution < -0.4 is 11.1 Å². The number of nitrogens with one attached hydrogen (secondary N) is 1. The molecule has 7 nitrogen and oxygen atoms in total. The van der Waals surface area contributed by atoms with Gasteiger partial charge in [0.15, 0.2) is 0 Å². The van der Waals surface area contributed by atoms with Crippen LogP contribution in [-0.4, -0.2) is 58.3 Å². The summed E-state index contributed by atoms with van der Waals surface area (Å²) in [4.78, 5) is 20.2. The summed E-state index contributed by atoms with van der Waals surface area (Å²) in [5, 5.41) is 14.4. The fourth-order valence-corrected chi connectivity index (χ4v) is 7.61. The molecule has 35 heavy (non-hydrogen) atoms. The van der Waals surface area contributed by atoms with Crippen molar-refractivity contribution < 1.29 is 14.6 Å².